The Morgan fingerprint density at radius 2 is 1.73 bits per heavy atom. The second-order valence-electron chi connectivity index (χ2n) is 4.18. The van der Waals surface area contributed by atoms with Gasteiger partial charge in [-0.15, -0.1) is 11.3 Å². The zero-order chi connectivity index (χ0) is 10.9. The highest BCUT2D eigenvalue weighted by Gasteiger charge is 1.98. The van der Waals surface area contributed by atoms with Gasteiger partial charge in [0, 0.05) is 4.62 Å². The molecule has 0 N–H and O–H groups in total. The topological polar surface area (TPSA) is 0 Å². The number of aryl methyl sites for hydroxylation is 1. The highest BCUT2D eigenvalue weighted by Crippen LogP contribution is 2.13. The van der Waals surface area contributed by atoms with E-state index in [4.69, 9.17) is 0 Å². The van der Waals surface area contributed by atoms with Gasteiger partial charge in [-0.1, -0.05) is 54.7 Å². The van der Waals surface area contributed by atoms with E-state index in [1.165, 1.54) is 56.0 Å². The van der Waals surface area contributed by atoms with Gasteiger partial charge in [0.15, 0.2) is 0 Å². The van der Waals surface area contributed by atoms with Crippen LogP contribution in [-0.4, -0.2) is 0 Å². The summed E-state index contributed by atoms with van der Waals surface area (Å²) in [5.74, 6) is 0. The molecule has 0 spiro atoms. The summed E-state index contributed by atoms with van der Waals surface area (Å²) < 4.78 is 1.43. The third-order valence-electron chi connectivity index (χ3n) is 2.83. The molecule has 0 nitrogen and oxygen atoms in total. The zero-order valence-corrected chi connectivity index (χ0v) is 11.8. The Bertz CT molecular complexity index is 255. The minimum atomic E-state index is 1.27. The van der Waals surface area contributed by atoms with Crippen LogP contribution in [0, 0.1) is 0 Å². The molecule has 1 atom stereocenters. The lowest BCUT2D eigenvalue weighted by Gasteiger charge is -2.01. The first-order valence-electron chi connectivity index (χ1n) is 6.16. The summed E-state index contributed by atoms with van der Waals surface area (Å²) >= 11 is 1.84. The molecule has 0 aliphatic heterocycles. The summed E-state index contributed by atoms with van der Waals surface area (Å²) in [6.45, 7) is 2.27. The highest BCUT2D eigenvalue weighted by molar-refractivity contribution is 7.43. The van der Waals surface area contributed by atoms with Gasteiger partial charge in [0.1, 0.15) is 0 Å². The fourth-order valence-electron chi connectivity index (χ4n) is 1.83. The molecule has 0 bridgehead atoms. The summed E-state index contributed by atoms with van der Waals surface area (Å²) in [5.41, 5.74) is 1.54. The van der Waals surface area contributed by atoms with Crippen LogP contribution in [0.5, 0.6) is 0 Å². The number of thiophene rings is 1. The first-order chi connectivity index (χ1) is 7.34. The molecule has 0 radical (unpaired) electrons. The first-order valence-corrected chi connectivity index (χ1v) is 7.62. The largest absolute Gasteiger partial charge is 0.144 e. The maximum atomic E-state index is 2.84. The van der Waals surface area contributed by atoms with Crippen LogP contribution in [0.15, 0.2) is 11.4 Å². The fraction of sp³-hybridized carbons (Fsp3) is 0.692. The Morgan fingerprint density at radius 3 is 2.33 bits per heavy atom. The van der Waals surface area contributed by atoms with Crippen LogP contribution in [0.4, 0.5) is 0 Å². The van der Waals surface area contributed by atoms with Gasteiger partial charge in [0.05, 0.1) is 0 Å². The third-order valence-corrected chi connectivity index (χ3v) is 4.40. The predicted molar refractivity (Wildman–Crippen MR) is 75.4 cm³/mol. The van der Waals surface area contributed by atoms with Gasteiger partial charge in [-0.2, -0.15) is 0 Å². The van der Waals surface area contributed by atoms with E-state index in [-0.39, 0.29) is 0 Å². The number of hydrogen-bond donors (Lipinski definition) is 0. The Balaban J connectivity index is 1.96. The second-order valence-corrected chi connectivity index (χ2v) is 6.12. The molecular weight excluding hydrogens is 219 g/mol. The van der Waals surface area contributed by atoms with Crippen molar-refractivity contribution in [3.8, 4) is 0 Å². The molecule has 0 aliphatic rings. The van der Waals surface area contributed by atoms with Crippen molar-refractivity contribution >= 4 is 25.2 Å². The van der Waals surface area contributed by atoms with E-state index in [9.17, 15) is 0 Å². The van der Waals surface area contributed by atoms with Gasteiger partial charge in [-0.3, -0.25) is 0 Å². The molecule has 15 heavy (non-hydrogen) atoms. The van der Waals surface area contributed by atoms with Gasteiger partial charge in [0.25, 0.3) is 0 Å². The Hall–Kier alpha value is 0.130. The maximum absolute atomic E-state index is 2.84. The molecular formula is C13H23PS. The van der Waals surface area contributed by atoms with E-state index in [2.05, 4.69) is 27.6 Å². The Kier molecular flexibility index (Phi) is 7.30. The highest BCUT2D eigenvalue weighted by atomic mass is 32.1. The van der Waals surface area contributed by atoms with E-state index in [0.717, 1.165) is 0 Å². The van der Waals surface area contributed by atoms with Crippen LogP contribution < -0.4 is 4.62 Å². The van der Waals surface area contributed by atoms with Crippen molar-refractivity contribution in [3.63, 3.8) is 0 Å². The number of rotatable bonds is 8. The van der Waals surface area contributed by atoms with E-state index in [1.807, 2.05) is 11.3 Å². The molecule has 86 valence electrons. The molecule has 0 fully saturated rings. The van der Waals surface area contributed by atoms with Crippen LogP contribution in [0.25, 0.3) is 0 Å². The van der Waals surface area contributed by atoms with E-state index < -0.39 is 0 Å². The SMILES string of the molecule is CCCCCCCCCc1ccsc1P. The van der Waals surface area contributed by atoms with Crippen molar-refractivity contribution in [3.05, 3.63) is 17.0 Å². The van der Waals surface area contributed by atoms with Crippen molar-refractivity contribution in [2.75, 3.05) is 0 Å². The molecule has 0 saturated heterocycles. The van der Waals surface area contributed by atoms with Crippen molar-refractivity contribution < 1.29 is 0 Å². The summed E-state index contributed by atoms with van der Waals surface area (Å²) in [6.07, 6.45) is 11.1. The zero-order valence-electron chi connectivity index (χ0n) is 9.80. The summed E-state index contributed by atoms with van der Waals surface area (Å²) in [4.78, 5) is 0. The quantitative estimate of drug-likeness (QED) is 0.463. The van der Waals surface area contributed by atoms with Gasteiger partial charge in [-0.05, 0) is 29.9 Å². The Labute approximate surface area is 101 Å². The van der Waals surface area contributed by atoms with Crippen LogP contribution in [0.1, 0.15) is 57.4 Å². The van der Waals surface area contributed by atoms with Crippen molar-refractivity contribution in [2.45, 2.75) is 58.3 Å². The average molecular weight is 242 g/mol. The number of hydrogen-bond acceptors (Lipinski definition) is 1. The standard InChI is InChI=1S/C13H23PS/c1-2-3-4-5-6-7-8-9-12-10-11-15-13(12)14/h10-11H,2-9,14H2,1H3. The predicted octanol–water partition coefficient (Wildman–Crippen LogP) is 4.54. The van der Waals surface area contributed by atoms with Crippen LogP contribution in [0.2, 0.25) is 0 Å². The molecule has 2 heteroatoms. The lowest BCUT2D eigenvalue weighted by atomic mass is 10.1. The molecule has 0 amide bonds. The molecule has 1 rings (SSSR count). The first kappa shape index (κ1) is 13.2. The van der Waals surface area contributed by atoms with Crippen molar-refractivity contribution in [1.82, 2.24) is 0 Å². The van der Waals surface area contributed by atoms with Crippen LogP contribution >= 0.6 is 20.6 Å². The molecule has 1 aromatic heterocycles. The van der Waals surface area contributed by atoms with Crippen LogP contribution in [-0.2, 0) is 6.42 Å². The smallest absolute Gasteiger partial charge is 0.0248 e. The lowest BCUT2D eigenvalue weighted by Crippen LogP contribution is -1.93. The van der Waals surface area contributed by atoms with Crippen molar-refractivity contribution in [1.29, 1.82) is 0 Å². The maximum Gasteiger partial charge on any atom is 0.0248 e. The molecule has 0 saturated carbocycles. The Morgan fingerprint density at radius 1 is 1.07 bits per heavy atom. The fourth-order valence-corrected chi connectivity index (χ4v) is 3.00. The molecule has 1 heterocycles. The minimum absolute atomic E-state index is 1.27. The summed E-state index contributed by atoms with van der Waals surface area (Å²) in [7, 11) is 2.84. The van der Waals surface area contributed by atoms with Gasteiger partial charge in [-0.25, -0.2) is 0 Å². The monoisotopic (exact) mass is 242 g/mol. The normalized spacial score (nSPS) is 10.8. The van der Waals surface area contributed by atoms with Crippen molar-refractivity contribution in [2.24, 2.45) is 0 Å². The molecule has 1 aromatic rings. The molecule has 1 unspecified atom stereocenters. The summed E-state index contributed by atoms with van der Waals surface area (Å²) in [5, 5.41) is 2.19. The van der Waals surface area contributed by atoms with Crippen LogP contribution in [0.3, 0.4) is 0 Å². The lowest BCUT2D eigenvalue weighted by molar-refractivity contribution is 0.590. The van der Waals surface area contributed by atoms with Gasteiger partial charge < -0.3 is 0 Å². The minimum Gasteiger partial charge on any atom is -0.144 e. The third kappa shape index (κ3) is 5.68. The van der Waals surface area contributed by atoms with E-state index in [0.29, 0.717) is 0 Å². The average Bonchev–Trinajstić information content (AvgIpc) is 2.63. The van der Waals surface area contributed by atoms with Gasteiger partial charge >= 0.3 is 0 Å². The molecule has 0 aliphatic carbocycles. The summed E-state index contributed by atoms with van der Waals surface area (Å²) in [6, 6.07) is 2.27. The van der Waals surface area contributed by atoms with E-state index >= 15 is 0 Å². The number of unbranched alkanes of at least 4 members (excludes halogenated alkanes) is 6. The van der Waals surface area contributed by atoms with E-state index in [1.54, 1.807) is 5.56 Å². The van der Waals surface area contributed by atoms with Gasteiger partial charge in [0.2, 0.25) is 0 Å². The molecule has 0 aromatic carbocycles. The second kappa shape index (κ2) is 8.30.